The van der Waals surface area contributed by atoms with Crippen LogP contribution in [0, 0.1) is 6.92 Å². The molecule has 15 heavy (non-hydrogen) atoms. The average molecular weight is 228 g/mol. The molecule has 1 aliphatic rings. The van der Waals surface area contributed by atoms with Gasteiger partial charge in [0.2, 0.25) is 0 Å². The van der Waals surface area contributed by atoms with Crippen molar-refractivity contribution < 1.29 is 13.5 Å². The van der Waals surface area contributed by atoms with E-state index < -0.39 is 10.6 Å². The Kier molecular flexibility index (Phi) is 3.02. The molecule has 0 aliphatic carbocycles. The lowest BCUT2D eigenvalue weighted by Crippen LogP contribution is -2.36. The summed E-state index contributed by atoms with van der Waals surface area (Å²) >= 11 is 0. The SMILES string of the molecule is Cc1ccc(S(C)(O)OC2COC2)cc1. The molecule has 4 heteroatoms. The molecule has 2 rings (SSSR count). The number of rotatable bonds is 3. The van der Waals surface area contributed by atoms with Crippen LogP contribution in [0.2, 0.25) is 0 Å². The van der Waals surface area contributed by atoms with Gasteiger partial charge in [-0.3, -0.25) is 8.74 Å². The summed E-state index contributed by atoms with van der Waals surface area (Å²) in [5.41, 5.74) is 1.18. The Morgan fingerprint density at radius 3 is 2.40 bits per heavy atom. The van der Waals surface area contributed by atoms with E-state index in [9.17, 15) is 4.55 Å². The van der Waals surface area contributed by atoms with E-state index >= 15 is 0 Å². The van der Waals surface area contributed by atoms with Crippen molar-refractivity contribution in [3.8, 4) is 0 Å². The molecule has 0 saturated carbocycles. The van der Waals surface area contributed by atoms with Gasteiger partial charge in [-0.1, -0.05) is 17.7 Å². The molecule has 1 saturated heterocycles. The number of aryl methyl sites for hydroxylation is 1. The summed E-state index contributed by atoms with van der Waals surface area (Å²) in [5, 5.41) is 0. The topological polar surface area (TPSA) is 38.7 Å². The standard InChI is InChI=1S/C11H16O3S/c1-9-3-5-11(6-4-9)15(2,12)14-10-7-13-8-10/h3-6,10,12H,7-8H2,1-2H3. The van der Waals surface area contributed by atoms with E-state index in [-0.39, 0.29) is 6.10 Å². The van der Waals surface area contributed by atoms with Crippen LogP contribution < -0.4 is 0 Å². The maximum absolute atomic E-state index is 10.2. The Labute approximate surface area is 91.7 Å². The molecule has 0 spiro atoms. The lowest BCUT2D eigenvalue weighted by Gasteiger charge is -2.40. The van der Waals surface area contributed by atoms with Crippen molar-refractivity contribution in [1.29, 1.82) is 0 Å². The van der Waals surface area contributed by atoms with E-state index in [1.54, 1.807) is 6.26 Å². The molecule has 0 aromatic heterocycles. The molecule has 1 heterocycles. The molecule has 0 amide bonds. The minimum absolute atomic E-state index is 0.0521. The van der Waals surface area contributed by atoms with Crippen LogP contribution in [0.1, 0.15) is 5.56 Å². The Balaban J connectivity index is 2.09. The van der Waals surface area contributed by atoms with Gasteiger partial charge in [-0.2, -0.15) is 10.6 Å². The van der Waals surface area contributed by atoms with Gasteiger partial charge >= 0.3 is 0 Å². The second-order valence-electron chi connectivity index (χ2n) is 3.87. The summed E-state index contributed by atoms with van der Waals surface area (Å²) in [5.74, 6) is 0. The van der Waals surface area contributed by atoms with E-state index in [1.807, 2.05) is 31.2 Å². The maximum Gasteiger partial charge on any atom is 0.129 e. The Bertz CT molecular complexity index is 330. The normalized spacial score (nSPS) is 22.9. The van der Waals surface area contributed by atoms with Crippen molar-refractivity contribution in [3.05, 3.63) is 29.8 Å². The van der Waals surface area contributed by atoms with Crippen molar-refractivity contribution in [2.45, 2.75) is 17.9 Å². The minimum atomic E-state index is -2.12. The number of hydrogen-bond donors (Lipinski definition) is 1. The van der Waals surface area contributed by atoms with Gasteiger partial charge in [-0.05, 0) is 19.1 Å². The molecule has 1 unspecified atom stereocenters. The van der Waals surface area contributed by atoms with Crippen LogP contribution in [-0.2, 0) is 8.92 Å². The molecule has 0 radical (unpaired) electrons. The molecule has 84 valence electrons. The smallest absolute Gasteiger partial charge is 0.129 e. The van der Waals surface area contributed by atoms with Gasteiger partial charge in [0.05, 0.1) is 18.1 Å². The highest BCUT2D eigenvalue weighted by Gasteiger charge is 2.26. The highest BCUT2D eigenvalue weighted by Crippen LogP contribution is 2.51. The molecule has 0 bridgehead atoms. The van der Waals surface area contributed by atoms with Crippen molar-refractivity contribution >= 4 is 10.6 Å². The van der Waals surface area contributed by atoms with Crippen LogP contribution in [-0.4, -0.2) is 30.1 Å². The van der Waals surface area contributed by atoms with Crippen molar-refractivity contribution in [3.63, 3.8) is 0 Å². The summed E-state index contributed by atoms with van der Waals surface area (Å²) in [6.45, 7) is 3.21. The molecule has 1 fully saturated rings. The maximum atomic E-state index is 10.2. The second kappa shape index (κ2) is 4.14. The summed E-state index contributed by atoms with van der Waals surface area (Å²) in [7, 11) is -2.12. The molecule has 1 aromatic carbocycles. The fourth-order valence-corrected chi connectivity index (χ4v) is 2.77. The summed E-state index contributed by atoms with van der Waals surface area (Å²) in [6, 6.07) is 7.81. The minimum Gasteiger partial charge on any atom is -0.376 e. The zero-order valence-corrected chi connectivity index (χ0v) is 9.79. The Morgan fingerprint density at radius 2 is 1.93 bits per heavy atom. The van der Waals surface area contributed by atoms with Crippen LogP contribution in [0.3, 0.4) is 0 Å². The number of benzene rings is 1. The van der Waals surface area contributed by atoms with Crippen LogP contribution >= 0.6 is 10.6 Å². The first-order chi connectivity index (χ1) is 7.08. The number of hydrogen-bond acceptors (Lipinski definition) is 3. The quantitative estimate of drug-likeness (QED) is 0.864. The zero-order valence-electron chi connectivity index (χ0n) is 8.97. The van der Waals surface area contributed by atoms with Gasteiger partial charge in [-0.15, -0.1) is 0 Å². The molecular formula is C11H16O3S. The molecule has 1 N–H and O–H groups in total. The van der Waals surface area contributed by atoms with E-state index in [4.69, 9.17) is 8.92 Å². The highest BCUT2D eigenvalue weighted by atomic mass is 32.3. The largest absolute Gasteiger partial charge is 0.376 e. The lowest BCUT2D eigenvalue weighted by atomic mass is 10.2. The Hall–Kier alpha value is -0.550. The van der Waals surface area contributed by atoms with Crippen molar-refractivity contribution in [1.82, 2.24) is 0 Å². The van der Waals surface area contributed by atoms with Crippen LogP contribution in [0.25, 0.3) is 0 Å². The fourth-order valence-electron chi connectivity index (χ4n) is 1.38. The third-order valence-corrected chi connectivity index (χ3v) is 4.18. The fraction of sp³-hybridized carbons (Fsp3) is 0.455. The first kappa shape index (κ1) is 11.0. The van der Waals surface area contributed by atoms with E-state index in [1.165, 1.54) is 5.56 Å². The van der Waals surface area contributed by atoms with Gasteiger partial charge in [0.15, 0.2) is 0 Å². The van der Waals surface area contributed by atoms with Crippen LogP contribution in [0.5, 0.6) is 0 Å². The predicted molar refractivity (Wildman–Crippen MR) is 61.3 cm³/mol. The van der Waals surface area contributed by atoms with Gasteiger partial charge in [0.1, 0.15) is 6.10 Å². The molecule has 1 atom stereocenters. The highest BCUT2D eigenvalue weighted by molar-refractivity contribution is 8.24. The average Bonchev–Trinajstić information content (AvgIpc) is 2.13. The first-order valence-corrected chi connectivity index (χ1v) is 6.84. The Morgan fingerprint density at radius 1 is 1.33 bits per heavy atom. The van der Waals surface area contributed by atoms with Gasteiger partial charge < -0.3 is 4.74 Å². The lowest BCUT2D eigenvalue weighted by molar-refractivity contribution is -0.0772. The molecule has 1 aromatic rings. The van der Waals surface area contributed by atoms with E-state index in [0.717, 1.165) is 4.90 Å². The van der Waals surface area contributed by atoms with Crippen LogP contribution in [0.4, 0.5) is 0 Å². The third-order valence-electron chi connectivity index (χ3n) is 2.39. The van der Waals surface area contributed by atoms with Gasteiger partial charge in [-0.25, -0.2) is 0 Å². The van der Waals surface area contributed by atoms with Crippen molar-refractivity contribution in [2.75, 3.05) is 19.5 Å². The van der Waals surface area contributed by atoms with Gasteiger partial charge in [0.25, 0.3) is 0 Å². The number of ether oxygens (including phenoxy) is 1. The molecule has 3 nitrogen and oxygen atoms in total. The summed E-state index contributed by atoms with van der Waals surface area (Å²) in [6.07, 6.45) is 1.80. The zero-order chi connectivity index (χ0) is 10.9. The first-order valence-electron chi connectivity index (χ1n) is 4.91. The van der Waals surface area contributed by atoms with Crippen molar-refractivity contribution in [2.24, 2.45) is 0 Å². The van der Waals surface area contributed by atoms with Crippen LogP contribution in [0.15, 0.2) is 29.2 Å². The van der Waals surface area contributed by atoms with Gasteiger partial charge in [0, 0.05) is 6.26 Å². The molecular weight excluding hydrogens is 212 g/mol. The summed E-state index contributed by atoms with van der Waals surface area (Å²) in [4.78, 5) is 0.861. The predicted octanol–water partition coefficient (Wildman–Crippen LogP) is 2.59. The second-order valence-corrected chi connectivity index (χ2v) is 6.14. The monoisotopic (exact) mass is 228 g/mol. The van der Waals surface area contributed by atoms with E-state index in [2.05, 4.69) is 0 Å². The summed E-state index contributed by atoms with van der Waals surface area (Å²) < 4.78 is 20.8. The van der Waals surface area contributed by atoms with E-state index in [0.29, 0.717) is 13.2 Å². The third kappa shape index (κ3) is 2.52. The molecule has 1 aliphatic heterocycles.